The van der Waals surface area contributed by atoms with Crippen molar-refractivity contribution in [1.29, 1.82) is 0 Å². The highest BCUT2D eigenvalue weighted by Gasteiger charge is 2.21. The van der Waals surface area contributed by atoms with Gasteiger partial charge in [-0.05, 0) is 56.1 Å². The van der Waals surface area contributed by atoms with Gasteiger partial charge < -0.3 is 10.6 Å². The number of halogens is 1. The van der Waals surface area contributed by atoms with Crippen LogP contribution in [0.15, 0.2) is 48.5 Å². The van der Waals surface area contributed by atoms with Crippen molar-refractivity contribution in [2.75, 3.05) is 24.2 Å². The molecule has 2 N–H and O–H groups in total. The van der Waals surface area contributed by atoms with Gasteiger partial charge in [0.15, 0.2) is 0 Å². The van der Waals surface area contributed by atoms with E-state index in [4.69, 9.17) is 0 Å². The normalized spacial score (nSPS) is 13.1. The van der Waals surface area contributed by atoms with Crippen molar-refractivity contribution in [3.8, 4) is 0 Å². The van der Waals surface area contributed by atoms with Crippen molar-refractivity contribution in [2.24, 2.45) is 0 Å². The molecule has 2 atom stereocenters. The van der Waals surface area contributed by atoms with E-state index < -0.39 is 11.9 Å². The summed E-state index contributed by atoms with van der Waals surface area (Å²) < 4.78 is 13.2. The summed E-state index contributed by atoms with van der Waals surface area (Å²) >= 11 is 0. The number of carbonyl (C=O) groups is 2. The molecule has 0 aliphatic carbocycles. The second kappa shape index (κ2) is 9.99. The number of hydrogen-bond donors (Lipinski definition) is 2. The van der Waals surface area contributed by atoms with E-state index in [1.165, 1.54) is 18.2 Å². The molecular formula is C22H28FN3O2. The lowest BCUT2D eigenvalue weighted by Gasteiger charge is -2.24. The lowest BCUT2D eigenvalue weighted by Crippen LogP contribution is -2.43. The minimum atomic E-state index is -0.511. The Labute approximate surface area is 165 Å². The number of nitrogens with zero attached hydrogens (tertiary/aromatic N) is 1. The number of amides is 2. The predicted molar refractivity (Wildman–Crippen MR) is 111 cm³/mol. The van der Waals surface area contributed by atoms with Gasteiger partial charge in [-0.1, -0.05) is 38.1 Å². The highest BCUT2D eigenvalue weighted by atomic mass is 19.1. The number of anilines is 2. The van der Waals surface area contributed by atoms with E-state index in [2.05, 4.69) is 24.5 Å². The Balaban J connectivity index is 1.96. The summed E-state index contributed by atoms with van der Waals surface area (Å²) in [5.74, 6) is -0.579. The summed E-state index contributed by atoms with van der Waals surface area (Å²) in [6, 6.07) is 13.0. The van der Waals surface area contributed by atoms with Crippen molar-refractivity contribution in [1.82, 2.24) is 4.90 Å². The van der Waals surface area contributed by atoms with Crippen molar-refractivity contribution < 1.29 is 14.0 Å². The van der Waals surface area contributed by atoms with Gasteiger partial charge in [0.25, 0.3) is 0 Å². The third-order valence-electron chi connectivity index (χ3n) is 4.90. The largest absolute Gasteiger partial charge is 0.325 e. The fourth-order valence-corrected chi connectivity index (χ4v) is 2.83. The van der Waals surface area contributed by atoms with Gasteiger partial charge in [0, 0.05) is 11.4 Å². The molecule has 150 valence electrons. The topological polar surface area (TPSA) is 61.4 Å². The average molecular weight is 385 g/mol. The Hall–Kier alpha value is -2.73. The molecule has 0 unspecified atom stereocenters. The number of nitrogens with one attached hydrogen (secondary N) is 2. The molecule has 2 aromatic rings. The first-order valence-electron chi connectivity index (χ1n) is 9.47. The standard InChI is InChI=1S/C22H28FN3O2/c1-5-15(2)19-11-6-7-12-20(19)25-22(28)16(3)26(4)14-21(27)24-18-10-8-9-17(23)13-18/h6-13,15-16H,5,14H2,1-4H3,(H,24,27)(H,25,28)/t15-,16-/m0/s1. The van der Waals surface area contributed by atoms with Crippen LogP contribution in [0.25, 0.3) is 0 Å². The van der Waals surface area contributed by atoms with Crippen LogP contribution in [-0.2, 0) is 9.59 Å². The molecule has 0 fully saturated rings. The summed E-state index contributed by atoms with van der Waals surface area (Å²) in [6.45, 7) is 5.99. The number of para-hydroxylation sites is 1. The molecule has 0 aliphatic rings. The summed E-state index contributed by atoms with van der Waals surface area (Å²) in [5.41, 5.74) is 2.28. The smallest absolute Gasteiger partial charge is 0.241 e. The van der Waals surface area contributed by atoms with Crippen LogP contribution < -0.4 is 10.6 Å². The van der Waals surface area contributed by atoms with Gasteiger partial charge in [-0.25, -0.2) is 4.39 Å². The van der Waals surface area contributed by atoms with Crippen molar-refractivity contribution in [2.45, 2.75) is 39.2 Å². The summed E-state index contributed by atoms with van der Waals surface area (Å²) in [7, 11) is 1.70. The second-order valence-corrected chi connectivity index (χ2v) is 7.04. The number of benzene rings is 2. The van der Waals surface area contributed by atoms with Crippen LogP contribution in [0.4, 0.5) is 15.8 Å². The van der Waals surface area contributed by atoms with Crippen molar-refractivity contribution in [3.63, 3.8) is 0 Å². The highest BCUT2D eigenvalue weighted by Crippen LogP contribution is 2.26. The van der Waals surface area contributed by atoms with Crippen LogP contribution in [0.1, 0.15) is 38.7 Å². The van der Waals surface area contributed by atoms with Gasteiger partial charge in [0.05, 0.1) is 12.6 Å². The van der Waals surface area contributed by atoms with Crippen molar-refractivity contribution in [3.05, 3.63) is 59.9 Å². The molecule has 5 nitrogen and oxygen atoms in total. The molecule has 0 spiro atoms. The number of carbonyl (C=O) groups excluding carboxylic acids is 2. The monoisotopic (exact) mass is 385 g/mol. The second-order valence-electron chi connectivity index (χ2n) is 7.04. The molecule has 0 radical (unpaired) electrons. The van der Waals surface area contributed by atoms with Crippen LogP contribution in [0.5, 0.6) is 0 Å². The Morgan fingerprint density at radius 1 is 1.07 bits per heavy atom. The zero-order valence-corrected chi connectivity index (χ0v) is 16.8. The van der Waals surface area contributed by atoms with E-state index in [1.807, 2.05) is 24.3 Å². The predicted octanol–water partition coefficient (Wildman–Crippen LogP) is 4.24. The lowest BCUT2D eigenvalue weighted by molar-refractivity contribution is -0.122. The quantitative estimate of drug-likeness (QED) is 0.715. The molecule has 2 amide bonds. The van der Waals surface area contributed by atoms with E-state index in [1.54, 1.807) is 24.9 Å². The van der Waals surface area contributed by atoms with Gasteiger partial charge in [0.2, 0.25) is 11.8 Å². The molecule has 2 rings (SSSR count). The van der Waals surface area contributed by atoms with Crippen molar-refractivity contribution >= 4 is 23.2 Å². The lowest BCUT2D eigenvalue weighted by atomic mass is 9.97. The molecule has 0 aromatic heterocycles. The fraction of sp³-hybridized carbons (Fsp3) is 0.364. The fourth-order valence-electron chi connectivity index (χ4n) is 2.83. The summed E-state index contributed by atoms with van der Waals surface area (Å²) in [6.07, 6.45) is 0.975. The Morgan fingerprint density at radius 2 is 1.79 bits per heavy atom. The van der Waals surface area contributed by atoms with Gasteiger partial charge in [-0.3, -0.25) is 14.5 Å². The molecule has 0 saturated heterocycles. The first-order chi connectivity index (χ1) is 13.3. The number of hydrogen-bond acceptors (Lipinski definition) is 3. The number of likely N-dealkylation sites (N-methyl/N-ethyl adjacent to an activating group) is 1. The van der Waals surface area contributed by atoms with Gasteiger partial charge >= 0.3 is 0 Å². The molecule has 28 heavy (non-hydrogen) atoms. The van der Waals surface area contributed by atoms with Gasteiger partial charge in [-0.2, -0.15) is 0 Å². The molecule has 0 heterocycles. The van der Waals surface area contributed by atoms with E-state index in [0.717, 1.165) is 17.7 Å². The number of rotatable bonds is 8. The summed E-state index contributed by atoms with van der Waals surface area (Å²) in [4.78, 5) is 26.5. The van der Waals surface area contributed by atoms with Gasteiger partial charge in [-0.15, -0.1) is 0 Å². The third kappa shape index (κ3) is 5.89. The molecule has 6 heteroatoms. The van der Waals surface area contributed by atoms with E-state index in [0.29, 0.717) is 11.6 Å². The van der Waals surface area contributed by atoms with Crippen LogP contribution in [-0.4, -0.2) is 36.3 Å². The minimum absolute atomic E-state index is 0.0120. The molecule has 0 saturated carbocycles. The first kappa shape index (κ1) is 21.6. The Kier molecular flexibility index (Phi) is 7.70. The van der Waals surface area contributed by atoms with Crippen LogP contribution in [0, 0.1) is 5.82 Å². The van der Waals surface area contributed by atoms with Crippen LogP contribution in [0.3, 0.4) is 0 Å². The molecular weight excluding hydrogens is 357 g/mol. The molecule has 0 bridgehead atoms. The van der Waals surface area contributed by atoms with Gasteiger partial charge in [0.1, 0.15) is 5.82 Å². The Morgan fingerprint density at radius 3 is 2.46 bits per heavy atom. The SMILES string of the molecule is CC[C@H](C)c1ccccc1NC(=O)[C@H](C)N(C)CC(=O)Nc1cccc(F)c1. The van der Waals surface area contributed by atoms with Crippen LogP contribution in [0.2, 0.25) is 0 Å². The first-order valence-corrected chi connectivity index (χ1v) is 9.47. The van der Waals surface area contributed by atoms with E-state index in [-0.39, 0.29) is 18.4 Å². The maximum atomic E-state index is 13.2. The highest BCUT2D eigenvalue weighted by molar-refractivity contribution is 5.96. The zero-order valence-electron chi connectivity index (χ0n) is 16.8. The maximum absolute atomic E-state index is 13.2. The van der Waals surface area contributed by atoms with E-state index >= 15 is 0 Å². The zero-order chi connectivity index (χ0) is 20.7. The Bertz CT molecular complexity index is 825. The molecule has 2 aromatic carbocycles. The van der Waals surface area contributed by atoms with E-state index in [9.17, 15) is 14.0 Å². The maximum Gasteiger partial charge on any atom is 0.241 e. The third-order valence-corrected chi connectivity index (χ3v) is 4.90. The minimum Gasteiger partial charge on any atom is -0.325 e. The average Bonchev–Trinajstić information content (AvgIpc) is 2.67. The molecule has 0 aliphatic heterocycles. The van der Waals surface area contributed by atoms with Crippen LogP contribution >= 0.6 is 0 Å². The summed E-state index contributed by atoms with van der Waals surface area (Å²) in [5, 5.41) is 5.61.